The number of rotatable bonds is 7. The third-order valence-electron chi connectivity index (χ3n) is 2.45. The molecule has 18 heavy (non-hydrogen) atoms. The number of ether oxygens (including phenoxy) is 1. The zero-order valence-corrected chi connectivity index (χ0v) is 11.1. The Morgan fingerprint density at radius 1 is 1.33 bits per heavy atom. The van der Waals surface area contributed by atoms with Gasteiger partial charge in [0.1, 0.15) is 0 Å². The van der Waals surface area contributed by atoms with E-state index in [1.807, 2.05) is 0 Å². The van der Waals surface area contributed by atoms with E-state index in [-0.39, 0.29) is 23.6 Å². The molecule has 1 heterocycles. The summed E-state index contributed by atoms with van der Waals surface area (Å²) in [6.45, 7) is 0.538. The second-order valence-electron chi connectivity index (χ2n) is 3.99. The third-order valence-corrected chi connectivity index (χ3v) is 4.17. The van der Waals surface area contributed by atoms with Crippen molar-refractivity contribution in [3.63, 3.8) is 0 Å². The van der Waals surface area contributed by atoms with Crippen molar-refractivity contribution in [2.24, 2.45) is 0 Å². The van der Waals surface area contributed by atoms with E-state index in [1.54, 1.807) is 0 Å². The summed E-state index contributed by atoms with van der Waals surface area (Å²) >= 11 is 0. The largest absolute Gasteiger partial charge is 0.398 e. The number of hydrogen-bond donors (Lipinski definition) is 1. The molecule has 0 unspecified atom stereocenters. The maximum atomic E-state index is 11.7. The number of sulfone groups is 1. The van der Waals surface area contributed by atoms with Crippen molar-refractivity contribution >= 4 is 15.5 Å². The van der Waals surface area contributed by atoms with Gasteiger partial charge in [-0.2, -0.15) is 0 Å². The molecule has 0 atom stereocenters. The van der Waals surface area contributed by atoms with Gasteiger partial charge in [-0.3, -0.25) is 4.79 Å². The lowest BCUT2D eigenvalue weighted by Crippen LogP contribution is -2.24. The zero-order chi connectivity index (χ0) is 13.6. The molecule has 0 aromatic carbocycles. The molecular weight excluding hydrogens is 256 g/mol. The van der Waals surface area contributed by atoms with Gasteiger partial charge in [-0.25, -0.2) is 8.42 Å². The number of nitrogens with zero attached hydrogens (tertiary/aromatic N) is 1. The molecule has 7 heteroatoms. The summed E-state index contributed by atoms with van der Waals surface area (Å²) in [6, 6.07) is 2.82. The zero-order valence-electron chi connectivity index (χ0n) is 10.3. The van der Waals surface area contributed by atoms with Gasteiger partial charge in [0.15, 0.2) is 9.84 Å². The maximum Gasteiger partial charge on any atom is 0.250 e. The van der Waals surface area contributed by atoms with Crippen LogP contribution in [-0.4, -0.2) is 38.2 Å². The Bertz CT molecular complexity index is 536. The second-order valence-corrected chi connectivity index (χ2v) is 6.30. The minimum absolute atomic E-state index is 0.0674. The highest BCUT2D eigenvalue weighted by atomic mass is 32.2. The smallest absolute Gasteiger partial charge is 0.250 e. The highest BCUT2D eigenvalue weighted by molar-refractivity contribution is 7.91. The van der Waals surface area contributed by atoms with E-state index < -0.39 is 9.84 Å². The van der Waals surface area contributed by atoms with Crippen molar-refractivity contribution in [3.8, 4) is 0 Å². The minimum atomic E-state index is -3.16. The van der Waals surface area contributed by atoms with Crippen LogP contribution in [0.15, 0.2) is 23.1 Å². The number of aromatic nitrogens is 1. The van der Waals surface area contributed by atoms with Crippen LogP contribution in [0.5, 0.6) is 0 Å². The first-order valence-corrected chi connectivity index (χ1v) is 7.42. The van der Waals surface area contributed by atoms with Crippen LogP contribution < -0.4 is 11.3 Å². The summed E-state index contributed by atoms with van der Waals surface area (Å²) in [5, 5.41) is 0. The van der Waals surface area contributed by atoms with E-state index in [2.05, 4.69) is 0 Å². The Morgan fingerprint density at radius 2 is 2.06 bits per heavy atom. The number of pyridine rings is 1. The van der Waals surface area contributed by atoms with E-state index in [0.717, 1.165) is 0 Å². The van der Waals surface area contributed by atoms with Crippen molar-refractivity contribution in [2.75, 3.05) is 31.0 Å². The van der Waals surface area contributed by atoms with Gasteiger partial charge < -0.3 is 15.0 Å². The third kappa shape index (κ3) is 4.89. The molecule has 1 aromatic heterocycles. The molecule has 0 bridgehead atoms. The summed E-state index contributed by atoms with van der Waals surface area (Å²) in [7, 11) is -1.64. The fourth-order valence-electron chi connectivity index (χ4n) is 1.49. The van der Waals surface area contributed by atoms with Gasteiger partial charge in [0.2, 0.25) is 0 Å². The van der Waals surface area contributed by atoms with Crippen LogP contribution in [0, 0.1) is 0 Å². The van der Waals surface area contributed by atoms with Crippen LogP contribution >= 0.6 is 0 Å². The molecule has 0 aliphatic carbocycles. The highest BCUT2D eigenvalue weighted by Crippen LogP contribution is 1.99. The van der Waals surface area contributed by atoms with Crippen LogP contribution in [0.3, 0.4) is 0 Å². The van der Waals surface area contributed by atoms with Crippen LogP contribution in [-0.2, 0) is 21.1 Å². The number of anilines is 1. The highest BCUT2D eigenvalue weighted by Gasteiger charge is 2.11. The number of aryl methyl sites for hydroxylation is 1. The average Bonchev–Trinajstić information content (AvgIpc) is 2.31. The van der Waals surface area contributed by atoms with Crippen LogP contribution in [0.25, 0.3) is 0 Å². The Labute approximate surface area is 106 Å². The lowest BCUT2D eigenvalue weighted by molar-refractivity contribution is 0.199. The molecule has 0 saturated heterocycles. The first-order chi connectivity index (χ1) is 8.44. The van der Waals surface area contributed by atoms with Crippen molar-refractivity contribution in [3.05, 3.63) is 28.7 Å². The molecule has 0 spiro atoms. The van der Waals surface area contributed by atoms with Gasteiger partial charge in [-0.15, -0.1) is 0 Å². The molecule has 6 nitrogen and oxygen atoms in total. The molecule has 0 saturated carbocycles. The fraction of sp³-hybridized carbons (Fsp3) is 0.545. The molecule has 0 aliphatic rings. The Kier molecular flexibility index (Phi) is 5.36. The van der Waals surface area contributed by atoms with E-state index in [9.17, 15) is 13.2 Å². The molecule has 1 rings (SSSR count). The summed E-state index contributed by atoms with van der Waals surface area (Å²) in [6.07, 6.45) is 1.91. The molecule has 0 aliphatic heterocycles. The second kappa shape index (κ2) is 6.55. The van der Waals surface area contributed by atoms with Gasteiger partial charge in [0.25, 0.3) is 5.56 Å². The van der Waals surface area contributed by atoms with Gasteiger partial charge >= 0.3 is 0 Å². The monoisotopic (exact) mass is 274 g/mol. The SMILES string of the molecule is COCCCS(=O)(=O)CCn1cc(N)ccc1=O. The predicted molar refractivity (Wildman–Crippen MR) is 70.3 cm³/mol. The van der Waals surface area contributed by atoms with Crippen molar-refractivity contribution in [1.82, 2.24) is 4.57 Å². The van der Waals surface area contributed by atoms with Gasteiger partial charge in [0.05, 0.1) is 11.5 Å². The molecular formula is C11H18N2O4S. The quantitative estimate of drug-likeness (QED) is 0.700. The maximum absolute atomic E-state index is 11.7. The number of nitrogens with two attached hydrogens (primary N) is 1. The lowest BCUT2D eigenvalue weighted by Gasteiger charge is -2.07. The molecule has 0 fully saturated rings. The van der Waals surface area contributed by atoms with Gasteiger partial charge in [-0.1, -0.05) is 0 Å². The van der Waals surface area contributed by atoms with Crippen LogP contribution in [0.1, 0.15) is 6.42 Å². The standard InChI is InChI=1S/C11H18N2O4S/c1-17-6-2-7-18(15,16)8-5-13-9-10(12)3-4-11(13)14/h3-4,9H,2,5-8,12H2,1H3. The first kappa shape index (κ1) is 14.7. The summed E-state index contributed by atoms with van der Waals surface area (Å²) in [4.78, 5) is 11.4. The predicted octanol–water partition coefficient (Wildman–Crippen LogP) is -0.118. The van der Waals surface area contributed by atoms with Crippen LogP contribution in [0.2, 0.25) is 0 Å². The first-order valence-electron chi connectivity index (χ1n) is 5.60. The fourth-order valence-corrected chi connectivity index (χ4v) is 2.72. The normalized spacial score (nSPS) is 11.6. The molecule has 1 aromatic rings. The summed E-state index contributed by atoms with van der Waals surface area (Å²) in [5.41, 5.74) is 5.72. The van der Waals surface area contributed by atoms with Crippen molar-refractivity contribution in [2.45, 2.75) is 13.0 Å². The Morgan fingerprint density at radius 3 is 2.72 bits per heavy atom. The Hall–Kier alpha value is -1.34. The number of hydrogen-bond acceptors (Lipinski definition) is 5. The molecule has 102 valence electrons. The number of nitrogen functional groups attached to an aromatic ring is 1. The molecule has 0 amide bonds. The summed E-state index contributed by atoms with van der Waals surface area (Å²) in [5.74, 6) is -0.00200. The molecule has 0 radical (unpaired) electrons. The van der Waals surface area contributed by atoms with E-state index in [4.69, 9.17) is 10.5 Å². The topological polar surface area (TPSA) is 91.4 Å². The minimum Gasteiger partial charge on any atom is -0.398 e. The van der Waals surface area contributed by atoms with Crippen LogP contribution in [0.4, 0.5) is 5.69 Å². The summed E-state index contributed by atoms with van der Waals surface area (Å²) < 4.78 is 29.5. The van der Waals surface area contributed by atoms with E-state index in [1.165, 1.54) is 30.0 Å². The average molecular weight is 274 g/mol. The van der Waals surface area contributed by atoms with E-state index in [0.29, 0.717) is 18.7 Å². The number of methoxy groups -OCH3 is 1. The van der Waals surface area contributed by atoms with Crippen molar-refractivity contribution in [1.29, 1.82) is 0 Å². The lowest BCUT2D eigenvalue weighted by atomic mass is 10.4. The van der Waals surface area contributed by atoms with Gasteiger partial charge in [0, 0.05) is 38.2 Å². The Balaban J connectivity index is 2.59. The molecule has 2 N–H and O–H groups in total. The van der Waals surface area contributed by atoms with E-state index >= 15 is 0 Å². The van der Waals surface area contributed by atoms with Crippen molar-refractivity contribution < 1.29 is 13.2 Å². The van der Waals surface area contributed by atoms with Gasteiger partial charge in [-0.05, 0) is 12.5 Å².